The molecule has 0 amide bonds. The number of nitrogens with zero attached hydrogens (tertiary/aromatic N) is 1. The molecule has 3 nitrogen and oxygen atoms in total. The summed E-state index contributed by atoms with van der Waals surface area (Å²) in [4.78, 5) is 0. The zero-order valence-corrected chi connectivity index (χ0v) is 12.7. The predicted molar refractivity (Wildman–Crippen MR) is 78.8 cm³/mol. The topological polar surface area (TPSA) is 38.7 Å². The molecule has 1 rings (SSSR count). The molecule has 0 aliphatic carbocycles. The van der Waals surface area contributed by atoms with Crippen molar-refractivity contribution < 1.29 is 13.3 Å². The summed E-state index contributed by atoms with van der Waals surface area (Å²) in [5.74, 6) is 0.120. The van der Waals surface area contributed by atoms with Crippen LogP contribution in [0.2, 0.25) is 0 Å². The molecule has 6 heteroatoms. The number of halogens is 1. The minimum atomic E-state index is -1.36. The monoisotopic (exact) mass is 291 g/mol. The Hall–Kier alpha value is -0.880. The lowest BCUT2D eigenvalue weighted by Gasteiger charge is -2.13. The summed E-state index contributed by atoms with van der Waals surface area (Å²) in [5, 5.41) is 0. The maximum absolute atomic E-state index is 13.0. The second-order valence-corrected chi connectivity index (χ2v) is 6.42. The number of methoxy groups -OCH3 is 1. The van der Waals surface area contributed by atoms with Crippen molar-refractivity contribution in [2.75, 3.05) is 7.11 Å². The third-order valence-electron chi connectivity index (χ3n) is 2.00. The van der Waals surface area contributed by atoms with E-state index in [9.17, 15) is 8.60 Å². The summed E-state index contributed by atoms with van der Waals surface area (Å²) in [6, 6.07) is 4.11. The Morgan fingerprint density at radius 2 is 2.00 bits per heavy atom. The van der Waals surface area contributed by atoms with Gasteiger partial charge in [0.1, 0.15) is 22.6 Å². The SMILES string of the molecule is COc1ccc(F)cc1C=N[S@@](=O)C(C)(C)C.S. The second-order valence-electron chi connectivity index (χ2n) is 4.48. The smallest absolute Gasteiger partial charge is 0.144 e. The zero-order valence-electron chi connectivity index (χ0n) is 10.9. The van der Waals surface area contributed by atoms with Gasteiger partial charge in [0, 0.05) is 11.8 Å². The van der Waals surface area contributed by atoms with Crippen LogP contribution in [0, 0.1) is 5.82 Å². The van der Waals surface area contributed by atoms with Crippen LogP contribution in [0.25, 0.3) is 0 Å². The molecule has 1 atom stereocenters. The molecule has 0 unspecified atom stereocenters. The third kappa shape index (κ3) is 4.78. The van der Waals surface area contributed by atoms with Crippen LogP contribution in [-0.2, 0) is 11.0 Å². The first-order valence-corrected chi connectivity index (χ1v) is 6.25. The summed E-state index contributed by atoms with van der Waals surface area (Å²) < 4.78 is 33.3. The van der Waals surface area contributed by atoms with Gasteiger partial charge in [-0.05, 0) is 39.0 Å². The van der Waals surface area contributed by atoms with E-state index in [0.717, 1.165) is 0 Å². The van der Waals surface area contributed by atoms with Crippen molar-refractivity contribution in [2.45, 2.75) is 25.5 Å². The van der Waals surface area contributed by atoms with Crippen molar-refractivity contribution in [1.82, 2.24) is 0 Å². The highest BCUT2D eigenvalue weighted by Crippen LogP contribution is 2.18. The van der Waals surface area contributed by atoms with Gasteiger partial charge in [0.2, 0.25) is 0 Å². The van der Waals surface area contributed by atoms with Gasteiger partial charge < -0.3 is 4.74 Å². The molecular weight excluding hydrogens is 273 g/mol. The maximum atomic E-state index is 13.0. The molecule has 0 heterocycles. The lowest BCUT2D eigenvalue weighted by Crippen LogP contribution is -2.19. The van der Waals surface area contributed by atoms with E-state index in [1.165, 1.54) is 31.5 Å². The minimum absolute atomic E-state index is 0. The average molecular weight is 291 g/mol. The summed E-state index contributed by atoms with van der Waals surface area (Å²) in [6.45, 7) is 5.47. The van der Waals surface area contributed by atoms with E-state index in [4.69, 9.17) is 4.74 Å². The summed E-state index contributed by atoms with van der Waals surface area (Å²) in [7, 11) is 0.128. The number of rotatable bonds is 3. The fraction of sp³-hybridized carbons (Fsp3) is 0.417. The van der Waals surface area contributed by atoms with Crippen LogP contribution in [0.1, 0.15) is 26.3 Å². The first-order chi connectivity index (χ1) is 7.84. The molecule has 0 aliphatic rings. The molecular formula is C12H18FNO2S2. The van der Waals surface area contributed by atoms with Crippen molar-refractivity contribution >= 4 is 30.7 Å². The molecule has 0 spiro atoms. The maximum Gasteiger partial charge on any atom is 0.144 e. The molecule has 0 bridgehead atoms. The van der Waals surface area contributed by atoms with Gasteiger partial charge in [-0.1, -0.05) is 0 Å². The first-order valence-electron chi connectivity index (χ1n) is 5.14. The molecule has 0 aliphatic heterocycles. The zero-order chi connectivity index (χ0) is 13.1. The van der Waals surface area contributed by atoms with Gasteiger partial charge in [-0.25, -0.2) is 8.60 Å². The van der Waals surface area contributed by atoms with E-state index in [0.29, 0.717) is 11.3 Å². The van der Waals surface area contributed by atoms with Crippen LogP contribution < -0.4 is 4.74 Å². The van der Waals surface area contributed by atoms with E-state index < -0.39 is 15.7 Å². The summed E-state index contributed by atoms with van der Waals surface area (Å²) in [5.41, 5.74) is 0.477. The van der Waals surface area contributed by atoms with E-state index in [-0.39, 0.29) is 19.3 Å². The quantitative estimate of drug-likeness (QED) is 0.803. The highest BCUT2D eigenvalue weighted by Gasteiger charge is 2.18. The molecule has 0 N–H and O–H groups in total. The Kier molecular flexibility index (Phi) is 6.56. The minimum Gasteiger partial charge on any atom is -0.496 e. The normalized spacial score (nSPS) is 13.2. The van der Waals surface area contributed by atoms with E-state index in [1.54, 1.807) is 0 Å². The van der Waals surface area contributed by atoms with E-state index in [1.807, 2.05) is 20.8 Å². The van der Waals surface area contributed by atoms with Crippen molar-refractivity contribution in [3.63, 3.8) is 0 Å². The Balaban J connectivity index is 0.00000289. The number of hydrogen-bond acceptors (Lipinski definition) is 2. The Morgan fingerprint density at radius 1 is 1.39 bits per heavy atom. The van der Waals surface area contributed by atoms with Gasteiger partial charge >= 0.3 is 0 Å². The molecule has 102 valence electrons. The molecule has 1 aromatic rings. The van der Waals surface area contributed by atoms with E-state index in [2.05, 4.69) is 4.40 Å². The van der Waals surface area contributed by atoms with Crippen LogP contribution in [0.15, 0.2) is 22.6 Å². The van der Waals surface area contributed by atoms with Crippen LogP contribution in [0.5, 0.6) is 5.75 Å². The second kappa shape index (κ2) is 6.89. The fourth-order valence-electron chi connectivity index (χ4n) is 1.07. The van der Waals surface area contributed by atoms with Crippen molar-refractivity contribution in [1.29, 1.82) is 0 Å². The lowest BCUT2D eigenvalue weighted by molar-refractivity contribution is 0.413. The van der Waals surface area contributed by atoms with Crippen molar-refractivity contribution in [3.05, 3.63) is 29.6 Å². The highest BCUT2D eigenvalue weighted by atomic mass is 32.2. The van der Waals surface area contributed by atoms with Gasteiger partial charge in [-0.2, -0.15) is 17.9 Å². The van der Waals surface area contributed by atoms with Crippen molar-refractivity contribution in [2.24, 2.45) is 4.40 Å². The molecule has 0 fully saturated rings. The number of hydrogen-bond donors (Lipinski definition) is 0. The predicted octanol–water partition coefficient (Wildman–Crippen LogP) is 2.83. The van der Waals surface area contributed by atoms with Crippen LogP contribution in [0.4, 0.5) is 4.39 Å². The summed E-state index contributed by atoms with van der Waals surface area (Å²) in [6.07, 6.45) is 1.38. The van der Waals surface area contributed by atoms with Crippen molar-refractivity contribution in [3.8, 4) is 5.75 Å². The molecule has 0 radical (unpaired) electrons. The Morgan fingerprint density at radius 3 is 2.50 bits per heavy atom. The fourth-order valence-corrected chi connectivity index (χ4v) is 1.59. The standard InChI is InChI=1S/C12H16FNO2S.H2S/c1-12(2,3)17(15)14-8-9-7-10(13)5-6-11(9)16-4;/h5-8H,1-4H3;1H2/t17-;/m0./s1. The first kappa shape index (κ1) is 17.1. The van der Waals surface area contributed by atoms with Gasteiger partial charge in [0.05, 0.1) is 11.9 Å². The molecule has 0 saturated heterocycles. The Labute approximate surface area is 116 Å². The van der Waals surface area contributed by atoms with Crippen LogP contribution >= 0.6 is 13.5 Å². The van der Waals surface area contributed by atoms with Gasteiger partial charge in [0.25, 0.3) is 0 Å². The average Bonchev–Trinajstić information content (AvgIpc) is 2.24. The van der Waals surface area contributed by atoms with E-state index >= 15 is 0 Å². The van der Waals surface area contributed by atoms with Gasteiger partial charge in [-0.15, -0.1) is 0 Å². The van der Waals surface area contributed by atoms with Crippen LogP contribution in [-0.4, -0.2) is 22.3 Å². The molecule has 0 saturated carbocycles. The number of ether oxygens (including phenoxy) is 1. The largest absolute Gasteiger partial charge is 0.496 e. The van der Waals surface area contributed by atoms with Gasteiger partial charge in [0.15, 0.2) is 0 Å². The summed E-state index contributed by atoms with van der Waals surface area (Å²) >= 11 is 0. The molecule has 1 aromatic carbocycles. The van der Waals surface area contributed by atoms with Gasteiger partial charge in [-0.3, -0.25) is 0 Å². The van der Waals surface area contributed by atoms with Crippen LogP contribution in [0.3, 0.4) is 0 Å². The third-order valence-corrected chi connectivity index (χ3v) is 3.35. The number of benzene rings is 1. The highest BCUT2D eigenvalue weighted by molar-refractivity contribution is 7.85. The molecule has 0 aromatic heterocycles. The molecule has 18 heavy (non-hydrogen) atoms. The lowest BCUT2D eigenvalue weighted by atomic mass is 10.2. The Bertz CT molecular complexity index is 456.